The molecule has 20 heavy (non-hydrogen) atoms. The van der Waals surface area contributed by atoms with E-state index in [4.69, 9.17) is 16.3 Å². The highest BCUT2D eigenvalue weighted by molar-refractivity contribution is 9.09. The lowest BCUT2D eigenvalue weighted by Crippen LogP contribution is -2.36. The zero-order valence-electron chi connectivity index (χ0n) is 11.9. The van der Waals surface area contributed by atoms with Crippen molar-refractivity contribution in [2.24, 2.45) is 5.41 Å². The number of ether oxygens (including phenoxy) is 1. The molecule has 0 atom stereocenters. The number of nitrogens with one attached hydrogen (secondary N) is 1. The molecule has 1 aromatic rings. The quantitative estimate of drug-likeness (QED) is 0.709. The van der Waals surface area contributed by atoms with Gasteiger partial charge >= 0.3 is 0 Å². The van der Waals surface area contributed by atoms with Gasteiger partial charge in [0, 0.05) is 16.9 Å². The van der Waals surface area contributed by atoms with E-state index in [-0.39, 0.29) is 17.9 Å². The van der Waals surface area contributed by atoms with Gasteiger partial charge in [-0.05, 0) is 36.5 Å². The molecule has 5 heteroatoms. The number of carbonyl (C=O) groups excluding carboxylic acids is 1. The summed E-state index contributed by atoms with van der Waals surface area (Å²) in [7, 11) is 0. The molecule has 0 saturated heterocycles. The van der Waals surface area contributed by atoms with E-state index >= 15 is 0 Å². The Labute approximate surface area is 134 Å². The van der Waals surface area contributed by atoms with Gasteiger partial charge in [0.2, 0.25) is 0 Å². The zero-order valence-corrected chi connectivity index (χ0v) is 14.3. The van der Waals surface area contributed by atoms with E-state index in [0.29, 0.717) is 17.3 Å². The molecule has 0 aliphatic rings. The van der Waals surface area contributed by atoms with Crippen molar-refractivity contribution in [1.82, 2.24) is 5.32 Å². The van der Waals surface area contributed by atoms with Crippen LogP contribution >= 0.6 is 27.5 Å². The highest BCUT2D eigenvalue weighted by atomic mass is 79.9. The number of alkyl halides is 1. The summed E-state index contributed by atoms with van der Waals surface area (Å²) in [5, 5.41) is 4.49. The Morgan fingerprint density at radius 3 is 2.85 bits per heavy atom. The van der Waals surface area contributed by atoms with Crippen molar-refractivity contribution in [3.63, 3.8) is 0 Å². The number of benzene rings is 1. The average Bonchev–Trinajstić information content (AvgIpc) is 2.41. The van der Waals surface area contributed by atoms with Gasteiger partial charge in [-0.15, -0.1) is 0 Å². The fourth-order valence-corrected chi connectivity index (χ4v) is 2.19. The predicted molar refractivity (Wildman–Crippen MR) is 86.8 cm³/mol. The smallest absolute Gasteiger partial charge is 0.257 e. The van der Waals surface area contributed by atoms with Gasteiger partial charge in [-0.1, -0.05) is 47.4 Å². The van der Waals surface area contributed by atoms with E-state index < -0.39 is 0 Å². The van der Waals surface area contributed by atoms with Crippen molar-refractivity contribution in [2.45, 2.75) is 26.7 Å². The molecule has 0 heterocycles. The van der Waals surface area contributed by atoms with E-state index in [1.807, 2.05) is 0 Å². The Balaban J connectivity index is 2.30. The van der Waals surface area contributed by atoms with Gasteiger partial charge in [0.05, 0.1) is 0 Å². The molecule has 1 aromatic carbocycles. The molecular weight excluding hydrogens is 342 g/mol. The molecule has 0 aromatic heterocycles. The molecular formula is C15H21BrClNO2. The lowest BCUT2D eigenvalue weighted by molar-refractivity contribution is -0.123. The van der Waals surface area contributed by atoms with Crippen LogP contribution in [-0.4, -0.2) is 24.4 Å². The molecule has 0 fully saturated rings. The molecule has 0 aliphatic carbocycles. The van der Waals surface area contributed by atoms with E-state index in [1.54, 1.807) is 24.3 Å². The fourth-order valence-electron chi connectivity index (χ4n) is 1.73. The van der Waals surface area contributed by atoms with Crippen molar-refractivity contribution >= 4 is 33.4 Å². The third-order valence-corrected chi connectivity index (χ3v) is 3.71. The molecule has 1 rings (SSSR count). The van der Waals surface area contributed by atoms with Crippen LogP contribution in [0.5, 0.6) is 5.75 Å². The van der Waals surface area contributed by atoms with Gasteiger partial charge in [0.1, 0.15) is 5.75 Å². The van der Waals surface area contributed by atoms with Crippen molar-refractivity contribution in [1.29, 1.82) is 0 Å². The van der Waals surface area contributed by atoms with Crippen LogP contribution in [0.2, 0.25) is 5.02 Å². The van der Waals surface area contributed by atoms with E-state index in [9.17, 15) is 4.79 Å². The maximum atomic E-state index is 11.7. The third-order valence-electron chi connectivity index (χ3n) is 2.92. The molecule has 1 amide bonds. The Morgan fingerprint density at radius 2 is 2.20 bits per heavy atom. The van der Waals surface area contributed by atoms with Crippen molar-refractivity contribution < 1.29 is 9.53 Å². The minimum absolute atomic E-state index is 0.00880. The minimum atomic E-state index is -0.114. The third kappa shape index (κ3) is 7.15. The molecule has 0 aliphatic heterocycles. The second-order valence-corrected chi connectivity index (χ2v) is 6.71. The van der Waals surface area contributed by atoms with Gasteiger partial charge in [-0.2, -0.15) is 0 Å². The van der Waals surface area contributed by atoms with Crippen LogP contribution in [0.3, 0.4) is 0 Å². The summed E-state index contributed by atoms with van der Waals surface area (Å²) < 4.78 is 5.39. The van der Waals surface area contributed by atoms with Crippen LogP contribution in [0.1, 0.15) is 26.7 Å². The lowest BCUT2D eigenvalue weighted by Gasteiger charge is -2.24. The maximum Gasteiger partial charge on any atom is 0.257 e. The topological polar surface area (TPSA) is 38.3 Å². The molecule has 3 nitrogen and oxygen atoms in total. The Hall–Kier alpha value is -0.740. The van der Waals surface area contributed by atoms with Gasteiger partial charge in [-0.3, -0.25) is 4.79 Å². The minimum Gasteiger partial charge on any atom is -0.484 e. The maximum absolute atomic E-state index is 11.7. The molecule has 0 bridgehead atoms. The van der Waals surface area contributed by atoms with Gasteiger partial charge in [-0.25, -0.2) is 0 Å². The fraction of sp³-hybridized carbons (Fsp3) is 0.533. The molecule has 1 N–H and O–H groups in total. The standard InChI is InChI=1S/C15H21BrClNO2/c1-15(2,7-4-8-16)11-18-14(19)10-20-13-6-3-5-12(17)9-13/h3,5-6,9H,4,7-8,10-11H2,1-2H3,(H,18,19). The van der Waals surface area contributed by atoms with Crippen LogP contribution in [0.4, 0.5) is 0 Å². The average molecular weight is 363 g/mol. The highest BCUT2D eigenvalue weighted by Gasteiger charge is 2.18. The second-order valence-electron chi connectivity index (χ2n) is 5.48. The first kappa shape index (κ1) is 17.3. The van der Waals surface area contributed by atoms with Crippen molar-refractivity contribution in [2.75, 3.05) is 18.5 Å². The van der Waals surface area contributed by atoms with Crippen LogP contribution in [0.25, 0.3) is 0 Å². The van der Waals surface area contributed by atoms with Gasteiger partial charge in [0.25, 0.3) is 5.91 Å². The summed E-state index contributed by atoms with van der Waals surface area (Å²) in [6.45, 7) is 4.95. The summed E-state index contributed by atoms with van der Waals surface area (Å²) >= 11 is 9.27. The first-order chi connectivity index (χ1) is 9.43. The Morgan fingerprint density at radius 1 is 1.45 bits per heavy atom. The normalized spacial score (nSPS) is 11.2. The van der Waals surface area contributed by atoms with Gasteiger partial charge < -0.3 is 10.1 Å². The van der Waals surface area contributed by atoms with E-state index in [2.05, 4.69) is 35.1 Å². The predicted octanol–water partition coefficient (Wildman–Crippen LogP) is 4.04. The largest absolute Gasteiger partial charge is 0.484 e. The molecule has 112 valence electrons. The summed E-state index contributed by atoms with van der Waals surface area (Å²) in [5.74, 6) is 0.489. The van der Waals surface area contributed by atoms with Crippen LogP contribution in [-0.2, 0) is 4.79 Å². The van der Waals surface area contributed by atoms with Crippen LogP contribution < -0.4 is 10.1 Å². The number of halogens is 2. The summed E-state index contributed by atoms with van der Waals surface area (Å²) in [6, 6.07) is 7.02. The molecule has 0 unspecified atom stereocenters. The summed E-state index contributed by atoms with van der Waals surface area (Å²) in [4.78, 5) is 11.7. The van der Waals surface area contributed by atoms with E-state index in [1.165, 1.54) is 0 Å². The highest BCUT2D eigenvalue weighted by Crippen LogP contribution is 2.21. The second kappa shape index (κ2) is 8.53. The molecule has 0 spiro atoms. The van der Waals surface area contributed by atoms with Crippen molar-refractivity contribution in [3.8, 4) is 5.75 Å². The van der Waals surface area contributed by atoms with E-state index in [0.717, 1.165) is 18.2 Å². The number of carbonyl (C=O) groups is 1. The zero-order chi connectivity index (χ0) is 15.0. The number of hydrogen-bond donors (Lipinski definition) is 1. The number of amides is 1. The Bertz CT molecular complexity index is 438. The summed E-state index contributed by atoms with van der Waals surface area (Å²) in [6.07, 6.45) is 2.16. The first-order valence-electron chi connectivity index (χ1n) is 6.64. The number of rotatable bonds is 8. The summed E-state index contributed by atoms with van der Waals surface area (Å²) in [5.41, 5.74) is 0.0967. The first-order valence-corrected chi connectivity index (χ1v) is 8.14. The SMILES string of the molecule is CC(C)(CCCBr)CNC(=O)COc1cccc(Cl)c1. The molecule has 0 radical (unpaired) electrons. The molecule has 0 saturated carbocycles. The monoisotopic (exact) mass is 361 g/mol. The lowest BCUT2D eigenvalue weighted by atomic mass is 9.88. The van der Waals surface area contributed by atoms with Crippen molar-refractivity contribution in [3.05, 3.63) is 29.3 Å². The van der Waals surface area contributed by atoms with Crippen LogP contribution in [0.15, 0.2) is 24.3 Å². The Kier molecular flexibility index (Phi) is 7.38. The van der Waals surface area contributed by atoms with Gasteiger partial charge in [0.15, 0.2) is 6.61 Å². The van der Waals surface area contributed by atoms with Crippen LogP contribution in [0, 0.1) is 5.41 Å². The number of hydrogen-bond acceptors (Lipinski definition) is 2.